The summed E-state index contributed by atoms with van der Waals surface area (Å²) in [6, 6.07) is 15.3. The van der Waals surface area contributed by atoms with Crippen molar-refractivity contribution in [3.05, 3.63) is 59.5 Å². The smallest absolute Gasteiger partial charge is 0.264 e. The van der Waals surface area contributed by atoms with E-state index in [0.717, 1.165) is 22.6 Å². The lowest BCUT2D eigenvalue weighted by atomic mass is 10.1. The van der Waals surface area contributed by atoms with Gasteiger partial charge < -0.3 is 9.47 Å². The average molecular weight is 368 g/mol. The highest BCUT2D eigenvalue weighted by Crippen LogP contribution is 2.32. The minimum Gasteiger partial charge on any atom is -0.493 e. The Hall–Kier alpha value is -2.86. The second-order valence-electron chi connectivity index (χ2n) is 5.57. The number of thiazole rings is 1. The molecule has 1 amide bonds. The topological polar surface area (TPSA) is 60.5 Å². The van der Waals surface area contributed by atoms with Crippen LogP contribution < -0.4 is 14.8 Å². The Balaban J connectivity index is 1.63. The van der Waals surface area contributed by atoms with Gasteiger partial charge in [0.15, 0.2) is 11.7 Å². The molecule has 3 aromatic rings. The molecule has 3 rings (SSSR count). The van der Waals surface area contributed by atoms with Crippen molar-refractivity contribution in [3.63, 3.8) is 0 Å². The van der Waals surface area contributed by atoms with Gasteiger partial charge in [-0.15, -0.1) is 11.3 Å². The van der Waals surface area contributed by atoms with Crippen LogP contribution >= 0.6 is 11.3 Å². The molecule has 0 unspecified atom stereocenters. The predicted octanol–water partition coefficient (Wildman–Crippen LogP) is 4.53. The van der Waals surface area contributed by atoms with Gasteiger partial charge in [0.1, 0.15) is 11.5 Å². The van der Waals surface area contributed by atoms with Crippen molar-refractivity contribution in [1.82, 2.24) is 4.98 Å². The van der Waals surface area contributed by atoms with Crippen LogP contribution in [0, 0.1) is 6.92 Å². The second kappa shape index (κ2) is 8.49. The zero-order chi connectivity index (χ0) is 18.4. The zero-order valence-corrected chi connectivity index (χ0v) is 15.5. The molecule has 0 aliphatic carbocycles. The summed E-state index contributed by atoms with van der Waals surface area (Å²) in [7, 11) is 0. The van der Waals surface area contributed by atoms with E-state index < -0.39 is 0 Å². The van der Waals surface area contributed by atoms with Gasteiger partial charge in [-0.3, -0.25) is 10.1 Å². The molecule has 1 N–H and O–H groups in total. The number of nitrogens with zero attached hydrogens (tertiary/aromatic N) is 1. The second-order valence-corrected chi connectivity index (χ2v) is 6.43. The van der Waals surface area contributed by atoms with Gasteiger partial charge in [-0.25, -0.2) is 4.98 Å². The highest BCUT2D eigenvalue weighted by atomic mass is 32.1. The third kappa shape index (κ3) is 4.40. The molecule has 1 heterocycles. The first kappa shape index (κ1) is 17.9. The van der Waals surface area contributed by atoms with Gasteiger partial charge in [0, 0.05) is 10.9 Å². The number of carbonyl (C=O) groups excluding carboxylic acids is 1. The molecule has 2 aromatic carbocycles. The molecule has 0 spiro atoms. The largest absolute Gasteiger partial charge is 0.493 e. The summed E-state index contributed by atoms with van der Waals surface area (Å²) in [6.45, 7) is 4.41. The van der Waals surface area contributed by atoms with E-state index in [9.17, 15) is 4.79 Å². The number of ether oxygens (including phenoxy) is 2. The monoisotopic (exact) mass is 368 g/mol. The molecule has 26 heavy (non-hydrogen) atoms. The van der Waals surface area contributed by atoms with Crippen molar-refractivity contribution >= 4 is 22.4 Å². The molecule has 0 saturated carbocycles. The normalized spacial score (nSPS) is 10.4. The van der Waals surface area contributed by atoms with Crippen LogP contribution in [0.15, 0.2) is 53.9 Å². The molecular weight excluding hydrogens is 348 g/mol. The molecule has 6 heteroatoms. The molecule has 0 saturated heterocycles. The summed E-state index contributed by atoms with van der Waals surface area (Å²) in [5.41, 5.74) is 2.67. The maximum atomic E-state index is 12.1. The fraction of sp³-hybridized carbons (Fsp3) is 0.200. The van der Waals surface area contributed by atoms with Crippen LogP contribution in [0.1, 0.15) is 12.5 Å². The molecule has 0 radical (unpaired) electrons. The first-order valence-electron chi connectivity index (χ1n) is 8.33. The van der Waals surface area contributed by atoms with Gasteiger partial charge in [-0.1, -0.05) is 30.3 Å². The third-order valence-electron chi connectivity index (χ3n) is 3.67. The van der Waals surface area contributed by atoms with E-state index in [0.29, 0.717) is 17.5 Å². The van der Waals surface area contributed by atoms with E-state index in [1.165, 1.54) is 11.3 Å². The van der Waals surface area contributed by atoms with E-state index in [-0.39, 0.29) is 12.5 Å². The molecule has 1 aromatic heterocycles. The van der Waals surface area contributed by atoms with Crippen LogP contribution in [0.3, 0.4) is 0 Å². The van der Waals surface area contributed by atoms with E-state index in [1.54, 1.807) is 0 Å². The summed E-state index contributed by atoms with van der Waals surface area (Å²) in [5, 5.41) is 5.21. The lowest BCUT2D eigenvalue weighted by molar-refractivity contribution is -0.118. The summed E-state index contributed by atoms with van der Waals surface area (Å²) >= 11 is 1.37. The van der Waals surface area contributed by atoms with E-state index in [2.05, 4.69) is 10.3 Å². The maximum Gasteiger partial charge on any atom is 0.264 e. The lowest BCUT2D eigenvalue weighted by Crippen LogP contribution is -2.20. The minimum absolute atomic E-state index is 0.0602. The standard InChI is InChI=1S/C20H20N2O3S/c1-3-24-18-11-7-5-9-15(18)16-13-26-20(21-16)22-19(23)12-25-17-10-6-4-8-14(17)2/h4-11,13H,3,12H2,1-2H3,(H,21,22,23). The number of amides is 1. The molecule has 0 aliphatic heterocycles. The lowest BCUT2D eigenvalue weighted by Gasteiger charge is -2.08. The van der Waals surface area contributed by atoms with Gasteiger partial charge in [0.05, 0.1) is 12.3 Å². The Kier molecular flexibility index (Phi) is 5.86. The summed E-state index contributed by atoms with van der Waals surface area (Å²) in [4.78, 5) is 16.6. The van der Waals surface area contributed by atoms with Crippen molar-refractivity contribution in [3.8, 4) is 22.8 Å². The average Bonchev–Trinajstić information content (AvgIpc) is 3.10. The molecule has 0 bridgehead atoms. The molecule has 0 fully saturated rings. The number of benzene rings is 2. The van der Waals surface area contributed by atoms with Crippen molar-refractivity contribution in [2.45, 2.75) is 13.8 Å². The number of para-hydroxylation sites is 2. The van der Waals surface area contributed by atoms with Crippen LogP contribution in [-0.4, -0.2) is 24.1 Å². The number of carbonyl (C=O) groups is 1. The molecule has 134 valence electrons. The third-order valence-corrected chi connectivity index (χ3v) is 4.42. The van der Waals surface area contributed by atoms with Crippen LogP contribution in [0.5, 0.6) is 11.5 Å². The number of nitrogens with one attached hydrogen (secondary N) is 1. The van der Waals surface area contributed by atoms with E-state index in [4.69, 9.17) is 9.47 Å². The first-order valence-corrected chi connectivity index (χ1v) is 9.21. The van der Waals surface area contributed by atoms with Crippen molar-refractivity contribution < 1.29 is 14.3 Å². The molecule has 0 aliphatic rings. The van der Waals surface area contributed by atoms with Crippen molar-refractivity contribution in [1.29, 1.82) is 0 Å². The van der Waals surface area contributed by atoms with Gasteiger partial charge in [-0.05, 0) is 37.6 Å². The summed E-state index contributed by atoms with van der Waals surface area (Å²) < 4.78 is 11.2. The van der Waals surface area contributed by atoms with Crippen molar-refractivity contribution in [2.75, 3.05) is 18.5 Å². The van der Waals surface area contributed by atoms with Gasteiger partial charge in [0.25, 0.3) is 5.91 Å². The first-order chi connectivity index (χ1) is 12.7. The highest BCUT2D eigenvalue weighted by molar-refractivity contribution is 7.14. The summed E-state index contributed by atoms with van der Waals surface area (Å²) in [5.74, 6) is 1.24. The fourth-order valence-electron chi connectivity index (χ4n) is 2.43. The molecule has 0 atom stereocenters. The molecule has 5 nitrogen and oxygen atoms in total. The Morgan fingerprint density at radius 1 is 1.08 bits per heavy atom. The number of aryl methyl sites for hydroxylation is 1. The van der Waals surface area contributed by atoms with E-state index in [1.807, 2.05) is 67.8 Å². The van der Waals surface area contributed by atoms with Crippen LogP contribution in [0.25, 0.3) is 11.3 Å². The SMILES string of the molecule is CCOc1ccccc1-c1csc(NC(=O)COc2ccccc2C)n1. The quantitative estimate of drug-likeness (QED) is 0.665. The number of anilines is 1. The number of hydrogen-bond acceptors (Lipinski definition) is 5. The maximum absolute atomic E-state index is 12.1. The van der Waals surface area contributed by atoms with Gasteiger partial charge in [0.2, 0.25) is 0 Å². The van der Waals surface area contributed by atoms with E-state index >= 15 is 0 Å². The number of rotatable bonds is 7. The Bertz CT molecular complexity index is 892. The highest BCUT2D eigenvalue weighted by Gasteiger charge is 2.12. The Morgan fingerprint density at radius 2 is 1.81 bits per heavy atom. The number of aromatic nitrogens is 1. The predicted molar refractivity (Wildman–Crippen MR) is 104 cm³/mol. The van der Waals surface area contributed by atoms with Gasteiger partial charge in [-0.2, -0.15) is 0 Å². The van der Waals surface area contributed by atoms with Crippen LogP contribution in [-0.2, 0) is 4.79 Å². The summed E-state index contributed by atoms with van der Waals surface area (Å²) in [6.07, 6.45) is 0. The van der Waals surface area contributed by atoms with Gasteiger partial charge >= 0.3 is 0 Å². The van der Waals surface area contributed by atoms with Crippen LogP contribution in [0.4, 0.5) is 5.13 Å². The Morgan fingerprint density at radius 3 is 2.58 bits per heavy atom. The van der Waals surface area contributed by atoms with Crippen molar-refractivity contribution in [2.24, 2.45) is 0 Å². The molecular formula is C20H20N2O3S. The number of hydrogen-bond donors (Lipinski definition) is 1. The zero-order valence-electron chi connectivity index (χ0n) is 14.7. The minimum atomic E-state index is -0.243. The van der Waals surface area contributed by atoms with Crippen LogP contribution in [0.2, 0.25) is 0 Å². The fourth-order valence-corrected chi connectivity index (χ4v) is 3.16. The Labute approximate surface area is 156 Å².